The highest BCUT2D eigenvalue weighted by molar-refractivity contribution is 6.12. The second kappa shape index (κ2) is 42.1. The zero-order valence-electron chi connectivity index (χ0n) is 85.1. The van der Waals surface area contributed by atoms with Crippen molar-refractivity contribution < 1.29 is 18.9 Å². The molecule has 2 aromatic heterocycles. The van der Waals surface area contributed by atoms with Gasteiger partial charge in [0, 0.05) is 77.9 Å². The van der Waals surface area contributed by atoms with Gasteiger partial charge in [0.2, 0.25) is 0 Å². The van der Waals surface area contributed by atoms with Crippen LogP contribution in [0.3, 0.4) is 0 Å². The lowest BCUT2D eigenvalue weighted by Gasteiger charge is -2.28. The Hall–Kier alpha value is -17.6. The van der Waals surface area contributed by atoms with Crippen LogP contribution in [0.4, 0.5) is 34.1 Å². The van der Waals surface area contributed by atoms with Crippen molar-refractivity contribution in [3.63, 3.8) is 0 Å². The van der Waals surface area contributed by atoms with Crippen molar-refractivity contribution in [2.75, 3.05) is 9.80 Å². The van der Waals surface area contributed by atoms with Crippen molar-refractivity contribution in [1.82, 2.24) is 9.13 Å². The predicted molar refractivity (Wildman–Crippen MR) is 628 cm³/mol. The fraction of sp³-hybridized carbons (Fsp3) is 0.0986. The number of hydrogen-bond donors (Lipinski definition) is 0. The number of ether oxygens (including phenoxy) is 4. The van der Waals surface area contributed by atoms with E-state index in [1.807, 2.05) is 24.3 Å². The zero-order chi connectivity index (χ0) is 102. The second-order valence-corrected chi connectivity index (χ2v) is 40.3. The third-order valence-corrected chi connectivity index (χ3v) is 30.1. The summed E-state index contributed by atoms with van der Waals surface area (Å²) in [6.07, 6.45) is 7.45. The number of para-hydroxylation sites is 1. The summed E-state index contributed by atoms with van der Waals surface area (Å²) < 4.78 is 29.6. The second-order valence-electron chi connectivity index (χ2n) is 40.3. The van der Waals surface area contributed by atoms with Gasteiger partial charge in [0.1, 0.15) is 0 Å². The average molecular weight is 1940 g/mol. The van der Waals surface area contributed by atoms with E-state index in [0.29, 0.717) is 52.9 Å². The molecule has 0 saturated heterocycles. The summed E-state index contributed by atoms with van der Waals surface area (Å²) in [6.45, 7) is 29.2. The van der Waals surface area contributed by atoms with Crippen molar-refractivity contribution in [1.29, 1.82) is 0 Å². The Morgan fingerprint density at radius 2 is 0.453 bits per heavy atom. The van der Waals surface area contributed by atoms with Gasteiger partial charge in [-0.15, -0.1) is 0 Å². The molecule has 22 aromatic rings. The SMILES string of the molecule is C=Cc1ccc(COCc2ccc(-n3c4ccc(COCc5ccc(C=C)cc5)cc4c4cc(-c5ccc(N(c6ccc(-c7ccccc7)cc6)c6ccc7c(c6)C(C)(C)c6ccccc6-7)cc5)ccc43)cc2)cc1.C=Cc1ccc(COCc2ccc(-n3c4ccccc4c4cc(-c5ccc(N(c6ccc(-c7ccccc7)cc6)c6ccc7c(c6)C(C)(C)c6cc(COCc8ccc(C=C)cc8)ccc6-7)cc5)ccc43)cc2)cc1. The number of aromatic nitrogens is 2. The molecule has 0 saturated carbocycles. The van der Waals surface area contributed by atoms with Crippen LogP contribution >= 0.6 is 0 Å². The maximum absolute atomic E-state index is 6.32. The van der Waals surface area contributed by atoms with Gasteiger partial charge in [-0.05, 0) is 295 Å². The third-order valence-electron chi connectivity index (χ3n) is 30.1. The standard InChI is InChI=1S/2C71H58N2O2/c1-5-49-16-20-51(21-17-49)45-74-47-53-24-32-61(33-25-53)73-69-40-26-54(48-75-46-52-22-18-50(6-2)19-23-52)42-65(69)66-43-58(31-41-70(66)73)57-29-36-60(37-30-57)72(59-34-27-56(28-35-59)55-12-8-7-9-13-55)62-38-39-64-63-14-10-11-15-67(63)71(3,4)68(64)44-62;1-5-49-16-20-51(21-17-49)45-74-47-53-24-32-61(33-25-53)73-69-15-11-10-14-65(69)66-43-58(31-41-70(66)73)57-29-36-60(37-30-57)72(59-34-27-56(28-35-59)55-12-8-7-9-13-55)62-38-40-64-63-39-26-54(42-67(63)71(3,4)68(64)44-62)48-75-46-52-22-18-50(6-2)19-23-52/h2*5-44H,1-2,45-48H2,3-4H3. The summed E-state index contributed by atoms with van der Waals surface area (Å²) in [7, 11) is 0. The molecule has 0 fully saturated rings. The molecule has 0 N–H and O–H groups in total. The van der Waals surface area contributed by atoms with Crippen molar-refractivity contribution >= 4 is 102 Å². The van der Waals surface area contributed by atoms with Gasteiger partial charge in [-0.1, -0.05) is 400 Å². The van der Waals surface area contributed by atoms with Crippen molar-refractivity contribution in [3.8, 4) is 78.1 Å². The average Bonchev–Trinajstić information content (AvgIpc) is 1.57. The van der Waals surface area contributed by atoms with Crippen LogP contribution in [-0.4, -0.2) is 9.13 Å². The molecular weight excluding hydrogens is 1830 g/mol. The minimum atomic E-state index is -0.219. The normalized spacial score (nSPS) is 12.4. The first kappa shape index (κ1) is 95.9. The molecule has 0 bridgehead atoms. The minimum Gasteiger partial charge on any atom is -0.372 e. The number of anilines is 6. The predicted octanol–water partition coefficient (Wildman–Crippen LogP) is 37.2. The Kier molecular flexibility index (Phi) is 26.9. The van der Waals surface area contributed by atoms with Crippen molar-refractivity contribution in [2.24, 2.45) is 0 Å². The van der Waals surface area contributed by atoms with Gasteiger partial charge in [-0.3, -0.25) is 0 Å². The lowest BCUT2D eigenvalue weighted by molar-refractivity contribution is 0.107. The molecule has 20 aromatic carbocycles. The van der Waals surface area contributed by atoms with Gasteiger partial charge in [0.05, 0.1) is 74.9 Å². The molecule has 728 valence electrons. The molecule has 8 nitrogen and oxygen atoms in total. The summed E-state index contributed by atoms with van der Waals surface area (Å²) in [6, 6.07) is 167. The van der Waals surface area contributed by atoms with E-state index >= 15 is 0 Å². The molecule has 8 heteroatoms. The van der Waals surface area contributed by atoms with Crippen molar-refractivity contribution in [2.45, 2.75) is 91.4 Å². The Balaban J connectivity index is 0.000000164. The summed E-state index contributed by atoms with van der Waals surface area (Å²) in [5.74, 6) is 0. The quantitative estimate of drug-likeness (QED) is 0.0419. The van der Waals surface area contributed by atoms with E-state index in [1.54, 1.807) is 0 Å². The maximum Gasteiger partial charge on any atom is 0.0721 e. The fourth-order valence-corrected chi connectivity index (χ4v) is 21.9. The van der Waals surface area contributed by atoms with Crippen LogP contribution in [0.5, 0.6) is 0 Å². The Morgan fingerprint density at radius 3 is 0.840 bits per heavy atom. The smallest absolute Gasteiger partial charge is 0.0721 e. The number of rotatable bonds is 32. The lowest BCUT2D eigenvalue weighted by Crippen LogP contribution is -2.17. The van der Waals surface area contributed by atoms with Gasteiger partial charge < -0.3 is 37.9 Å². The zero-order valence-corrected chi connectivity index (χ0v) is 85.1. The molecule has 0 atom stereocenters. The number of hydrogen-bond acceptors (Lipinski definition) is 6. The minimum absolute atomic E-state index is 0.124. The molecule has 24 rings (SSSR count). The first-order valence-corrected chi connectivity index (χ1v) is 51.7. The van der Waals surface area contributed by atoms with E-state index in [2.05, 4.69) is 534 Å². The first-order valence-electron chi connectivity index (χ1n) is 51.7. The molecule has 0 aliphatic heterocycles. The van der Waals surface area contributed by atoms with E-state index < -0.39 is 0 Å². The van der Waals surface area contributed by atoms with Crippen LogP contribution in [0.25, 0.3) is 146 Å². The molecule has 2 heterocycles. The van der Waals surface area contributed by atoms with Crippen LogP contribution in [-0.2, 0) is 82.6 Å². The van der Waals surface area contributed by atoms with E-state index in [9.17, 15) is 0 Å². The Morgan fingerprint density at radius 1 is 0.200 bits per heavy atom. The molecule has 0 unspecified atom stereocenters. The molecule has 0 radical (unpaired) electrons. The highest BCUT2D eigenvalue weighted by Gasteiger charge is 2.38. The highest BCUT2D eigenvalue weighted by Crippen LogP contribution is 2.54. The van der Waals surface area contributed by atoms with Crippen LogP contribution in [0.1, 0.15) is 117 Å². The van der Waals surface area contributed by atoms with E-state index in [-0.39, 0.29) is 10.8 Å². The fourth-order valence-electron chi connectivity index (χ4n) is 21.9. The lowest BCUT2D eigenvalue weighted by atomic mass is 9.82. The van der Waals surface area contributed by atoms with E-state index in [0.717, 1.165) is 134 Å². The summed E-state index contributed by atoms with van der Waals surface area (Å²) in [5.41, 5.74) is 46.7. The molecule has 150 heavy (non-hydrogen) atoms. The monoisotopic (exact) mass is 1940 g/mol. The summed E-state index contributed by atoms with van der Waals surface area (Å²) in [5, 5.41) is 4.81. The topological polar surface area (TPSA) is 53.3 Å². The van der Waals surface area contributed by atoms with Gasteiger partial charge in [-0.25, -0.2) is 0 Å². The van der Waals surface area contributed by atoms with Crippen LogP contribution in [0.2, 0.25) is 0 Å². The summed E-state index contributed by atoms with van der Waals surface area (Å²) in [4.78, 5) is 4.79. The molecular formula is C142H116N4O4. The van der Waals surface area contributed by atoms with Gasteiger partial charge in [0.25, 0.3) is 0 Å². The molecule has 0 amide bonds. The Labute approximate surface area is 879 Å². The largest absolute Gasteiger partial charge is 0.372 e. The number of fused-ring (bicyclic) bond motifs is 12. The van der Waals surface area contributed by atoms with Gasteiger partial charge >= 0.3 is 0 Å². The first-order chi connectivity index (χ1) is 73.6. The van der Waals surface area contributed by atoms with Crippen LogP contribution < -0.4 is 9.80 Å². The van der Waals surface area contributed by atoms with Crippen molar-refractivity contribution in [3.05, 3.63) is 576 Å². The van der Waals surface area contributed by atoms with E-state index in [4.69, 9.17) is 18.9 Å². The van der Waals surface area contributed by atoms with E-state index in [1.165, 1.54) is 110 Å². The third kappa shape index (κ3) is 19.5. The molecule has 2 aliphatic rings. The van der Waals surface area contributed by atoms with Gasteiger partial charge in [-0.2, -0.15) is 0 Å². The summed E-state index contributed by atoms with van der Waals surface area (Å²) >= 11 is 0. The highest BCUT2D eigenvalue weighted by atomic mass is 16.5. The molecule has 2 aliphatic carbocycles. The van der Waals surface area contributed by atoms with Gasteiger partial charge in [0.15, 0.2) is 0 Å². The van der Waals surface area contributed by atoms with Crippen LogP contribution in [0, 0.1) is 0 Å². The Bertz CT molecular complexity index is 8730. The maximum atomic E-state index is 6.32. The number of nitrogens with zero attached hydrogens (tertiary/aromatic N) is 4. The van der Waals surface area contributed by atoms with Crippen LogP contribution in [0.15, 0.2) is 487 Å². The number of benzene rings is 20. The molecule has 0 spiro atoms.